The zero-order valence-electron chi connectivity index (χ0n) is 9.62. The number of carbonyl (C=O) groups excluding carboxylic acids is 1. The van der Waals surface area contributed by atoms with Crippen LogP contribution >= 0.6 is 0 Å². The molecule has 1 fully saturated rings. The first-order valence-electron chi connectivity index (χ1n) is 5.77. The number of aliphatic hydroxyl groups is 1. The molecule has 2 rings (SSSR count). The van der Waals surface area contributed by atoms with Crippen molar-refractivity contribution < 1.29 is 9.90 Å². The first-order chi connectivity index (χ1) is 8.29. The van der Waals surface area contributed by atoms with E-state index in [4.69, 9.17) is 5.11 Å². The van der Waals surface area contributed by atoms with E-state index in [2.05, 4.69) is 4.98 Å². The lowest BCUT2D eigenvalue weighted by Gasteiger charge is -2.13. The molecule has 1 aliphatic heterocycles. The largest absolute Gasteiger partial charge is 0.396 e. The van der Waals surface area contributed by atoms with Crippen molar-refractivity contribution in [2.45, 2.75) is 6.42 Å². The highest BCUT2D eigenvalue weighted by Crippen LogP contribution is 2.15. The van der Waals surface area contributed by atoms with Crippen LogP contribution in [0.4, 0.5) is 0 Å². The van der Waals surface area contributed by atoms with Crippen molar-refractivity contribution in [3.8, 4) is 0 Å². The maximum absolute atomic E-state index is 11.8. The highest BCUT2D eigenvalue weighted by atomic mass is 16.3. The Bertz CT molecular complexity index is 403. The molecule has 2 heterocycles. The van der Waals surface area contributed by atoms with Gasteiger partial charge < -0.3 is 10.0 Å². The SMILES string of the molecule is O=C(/C=C/c1cccnc1)N1CC[C@H](CO)C1. The van der Waals surface area contributed by atoms with Gasteiger partial charge in [-0.1, -0.05) is 6.07 Å². The third kappa shape index (κ3) is 3.14. The number of hydrogen-bond acceptors (Lipinski definition) is 3. The van der Waals surface area contributed by atoms with Gasteiger partial charge in [-0.2, -0.15) is 0 Å². The minimum atomic E-state index is 0.00445. The van der Waals surface area contributed by atoms with Crippen LogP contribution in [0.3, 0.4) is 0 Å². The minimum absolute atomic E-state index is 0.00445. The molecule has 4 heteroatoms. The Hall–Kier alpha value is -1.68. The molecular formula is C13H16N2O2. The second-order valence-electron chi connectivity index (χ2n) is 4.24. The Balaban J connectivity index is 1.92. The molecular weight excluding hydrogens is 216 g/mol. The summed E-state index contributed by atoms with van der Waals surface area (Å²) in [6.07, 6.45) is 7.64. The van der Waals surface area contributed by atoms with Gasteiger partial charge in [0.05, 0.1) is 0 Å². The molecule has 1 aliphatic rings. The first-order valence-corrected chi connectivity index (χ1v) is 5.77. The summed E-state index contributed by atoms with van der Waals surface area (Å²) in [5, 5.41) is 9.01. The van der Waals surface area contributed by atoms with E-state index >= 15 is 0 Å². The Labute approximate surface area is 101 Å². The Morgan fingerprint density at radius 2 is 2.53 bits per heavy atom. The van der Waals surface area contributed by atoms with E-state index in [1.807, 2.05) is 12.1 Å². The van der Waals surface area contributed by atoms with Gasteiger partial charge in [-0.15, -0.1) is 0 Å². The van der Waals surface area contributed by atoms with E-state index in [0.29, 0.717) is 6.54 Å². The van der Waals surface area contributed by atoms with Crippen molar-refractivity contribution in [1.29, 1.82) is 0 Å². The number of aromatic nitrogens is 1. The standard InChI is InChI=1S/C13H16N2O2/c16-10-12-5-7-15(9-12)13(17)4-3-11-2-1-6-14-8-11/h1-4,6,8,12,16H,5,7,9-10H2/b4-3+/t12-/m0/s1. The summed E-state index contributed by atoms with van der Waals surface area (Å²) in [7, 11) is 0. The van der Waals surface area contributed by atoms with Crippen molar-refractivity contribution in [2.75, 3.05) is 19.7 Å². The average Bonchev–Trinajstić information content (AvgIpc) is 2.86. The lowest BCUT2D eigenvalue weighted by Crippen LogP contribution is -2.27. The number of hydrogen-bond donors (Lipinski definition) is 1. The molecule has 0 unspecified atom stereocenters. The summed E-state index contributed by atoms with van der Waals surface area (Å²) in [6, 6.07) is 3.74. The highest BCUT2D eigenvalue weighted by molar-refractivity contribution is 5.91. The number of nitrogens with zero attached hydrogens (tertiary/aromatic N) is 2. The fourth-order valence-corrected chi connectivity index (χ4v) is 1.93. The Kier molecular flexibility index (Phi) is 3.88. The lowest BCUT2D eigenvalue weighted by atomic mass is 10.1. The zero-order chi connectivity index (χ0) is 12.1. The zero-order valence-corrected chi connectivity index (χ0v) is 9.62. The molecule has 1 saturated heterocycles. The molecule has 0 bridgehead atoms. The minimum Gasteiger partial charge on any atom is -0.396 e. The van der Waals surface area contributed by atoms with Crippen LogP contribution < -0.4 is 0 Å². The Morgan fingerprint density at radius 1 is 1.65 bits per heavy atom. The summed E-state index contributed by atoms with van der Waals surface area (Å²) in [5.41, 5.74) is 0.916. The van der Waals surface area contributed by atoms with Gasteiger partial charge in [0.2, 0.25) is 5.91 Å². The maximum atomic E-state index is 11.8. The molecule has 1 N–H and O–H groups in total. The first kappa shape index (κ1) is 11.8. The molecule has 0 aromatic carbocycles. The van der Waals surface area contributed by atoms with Gasteiger partial charge in [-0.25, -0.2) is 0 Å². The molecule has 1 aromatic rings. The smallest absolute Gasteiger partial charge is 0.246 e. The molecule has 17 heavy (non-hydrogen) atoms. The van der Waals surface area contributed by atoms with E-state index in [-0.39, 0.29) is 18.4 Å². The summed E-state index contributed by atoms with van der Waals surface area (Å²) < 4.78 is 0. The molecule has 1 aromatic heterocycles. The van der Waals surface area contributed by atoms with Crippen molar-refractivity contribution in [3.05, 3.63) is 36.2 Å². The van der Waals surface area contributed by atoms with Gasteiger partial charge >= 0.3 is 0 Å². The number of pyridine rings is 1. The van der Waals surface area contributed by atoms with E-state index in [0.717, 1.165) is 18.5 Å². The highest BCUT2D eigenvalue weighted by Gasteiger charge is 2.23. The molecule has 4 nitrogen and oxygen atoms in total. The third-order valence-electron chi connectivity index (χ3n) is 2.96. The van der Waals surface area contributed by atoms with E-state index in [1.54, 1.807) is 29.4 Å². The maximum Gasteiger partial charge on any atom is 0.246 e. The van der Waals surface area contributed by atoms with E-state index in [9.17, 15) is 4.79 Å². The molecule has 90 valence electrons. The summed E-state index contributed by atoms with van der Waals surface area (Å²) in [5.74, 6) is 0.246. The fourth-order valence-electron chi connectivity index (χ4n) is 1.93. The molecule has 1 atom stereocenters. The second kappa shape index (κ2) is 5.59. The normalized spacial score (nSPS) is 20.1. The van der Waals surface area contributed by atoms with Crippen LogP contribution in [0.5, 0.6) is 0 Å². The van der Waals surface area contributed by atoms with Crippen LogP contribution in [0.25, 0.3) is 6.08 Å². The van der Waals surface area contributed by atoms with Gasteiger partial charge in [0.15, 0.2) is 0 Å². The topological polar surface area (TPSA) is 53.4 Å². The molecule has 0 spiro atoms. The van der Waals surface area contributed by atoms with Crippen LogP contribution in [-0.2, 0) is 4.79 Å². The fraction of sp³-hybridized carbons (Fsp3) is 0.385. The monoisotopic (exact) mass is 232 g/mol. The number of aliphatic hydroxyl groups excluding tert-OH is 1. The quantitative estimate of drug-likeness (QED) is 0.789. The summed E-state index contributed by atoms with van der Waals surface area (Å²) in [4.78, 5) is 17.6. The Morgan fingerprint density at radius 3 is 3.18 bits per heavy atom. The number of rotatable bonds is 3. The van der Waals surface area contributed by atoms with Gasteiger partial charge in [-0.3, -0.25) is 9.78 Å². The predicted octanol–water partition coefficient (Wildman–Crippen LogP) is 0.936. The predicted molar refractivity (Wildman–Crippen MR) is 65.0 cm³/mol. The molecule has 1 amide bonds. The van der Waals surface area contributed by atoms with E-state index in [1.165, 1.54) is 0 Å². The van der Waals surface area contributed by atoms with Gasteiger partial charge in [0.25, 0.3) is 0 Å². The second-order valence-corrected chi connectivity index (χ2v) is 4.24. The van der Waals surface area contributed by atoms with Crippen molar-refractivity contribution >= 4 is 12.0 Å². The van der Waals surface area contributed by atoms with Crippen LogP contribution in [0.1, 0.15) is 12.0 Å². The molecule has 0 radical (unpaired) electrons. The van der Waals surface area contributed by atoms with Crippen molar-refractivity contribution in [1.82, 2.24) is 9.88 Å². The average molecular weight is 232 g/mol. The van der Waals surface area contributed by atoms with Crippen LogP contribution in [0, 0.1) is 5.92 Å². The van der Waals surface area contributed by atoms with Crippen molar-refractivity contribution in [3.63, 3.8) is 0 Å². The summed E-state index contributed by atoms with van der Waals surface area (Å²) >= 11 is 0. The van der Waals surface area contributed by atoms with Gasteiger partial charge in [0.1, 0.15) is 0 Å². The number of carbonyl (C=O) groups is 1. The molecule has 0 saturated carbocycles. The third-order valence-corrected chi connectivity index (χ3v) is 2.96. The van der Waals surface area contributed by atoms with Gasteiger partial charge in [0, 0.05) is 44.1 Å². The number of amides is 1. The van der Waals surface area contributed by atoms with Crippen LogP contribution in [0.2, 0.25) is 0 Å². The van der Waals surface area contributed by atoms with Crippen molar-refractivity contribution in [2.24, 2.45) is 5.92 Å². The molecule has 0 aliphatic carbocycles. The lowest BCUT2D eigenvalue weighted by molar-refractivity contribution is -0.125. The number of likely N-dealkylation sites (tertiary alicyclic amines) is 1. The van der Waals surface area contributed by atoms with Crippen LogP contribution in [0.15, 0.2) is 30.6 Å². The van der Waals surface area contributed by atoms with Gasteiger partial charge in [-0.05, 0) is 24.1 Å². The summed E-state index contributed by atoms with van der Waals surface area (Å²) in [6.45, 7) is 1.56. The van der Waals surface area contributed by atoms with Crippen LogP contribution in [-0.4, -0.2) is 40.6 Å². The van der Waals surface area contributed by atoms with E-state index < -0.39 is 0 Å².